The van der Waals surface area contributed by atoms with Gasteiger partial charge >= 0.3 is 0 Å². The van der Waals surface area contributed by atoms with Crippen LogP contribution in [0.25, 0.3) is 11.1 Å². The van der Waals surface area contributed by atoms with E-state index in [9.17, 15) is 14.7 Å². The Morgan fingerprint density at radius 3 is 2.29 bits per heavy atom. The van der Waals surface area contributed by atoms with Crippen LogP contribution < -0.4 is 5.32 Å². The van der Waals surface area contributed by atoms with Gasteiger partial charge in [-0.25, -0.2) is 0 Å². The number of aromatic hydroxyl groups is 1. The van der Waals surface area contributed by atoms with E-state index in [1.807, 2.05) is 84.9 Å². The molecule has 1 heterocycles. The molecule has 0 radical (unpaired) electrons. The first-order valence-corrected chi connectivity index (χ1v) is 11.7. The fraction of sp³-hybridized carbons (Fsp3) is 0.133. The first-order chi connectivity index (χ1) is 17.1. The van der Waals surface area contributed by atoms with Gasteiger partial charge in [0, 0.05) is 18.7 Å². The van der Waals surface area contributed by atoms with Crippen molar-refractivity contribution in [3.8, 4) is 16.9 Å². The fourth-order valence-corrected chi connectivity index (χ4v) is 4.67. The van der Waals surface area contributed by atoms with Gasteiger partial charge in [0.05, 0.1) is 0 Å². The van der Waals surface area contributed by atoms with E-state index in [1.165, 1.54) is 12.1 Å². The minimum atomic E-state index is -0.766. The topological polar surface area (TPSA) is 69.6 Å². The average Bonchev–Trinajstić information content (AvgIpc) is 3.16. The van der Waals surface area contributed by atoms with Gasteiger partial charge in [0.2, 0.25) is 5.91 Å². The van der Waals surface area contributed by atoms with Crippen LogP contribution in [0.15, 0.2) is 103 Å². The Balaban J connectivity index is 1.43. The smallest absolute Gasteiger partial charge is 0.255 e. The second-order valence-electron chi connectivity index (χ2n) is 8.66. The van der Waals surface area contributed by atoms with E-state index < -0.39 is 6.04 Å². The number of rotatable bonds is 7. The first-order valence-electron chi connectivity index (χ1n) is 11.7. The van der Waals surface area contributed by atoms with Crippen LogP contribution in [0.1, 0.15) is 33.1 Å². The van der Waals surface area contributed by atoms with Crippen molar-refractivity contribution in [1.82, 2.24) is 10.2 Å². The van der Waals surface area contributed by atoms with Crippen LogP contribution in [0.3, 0.4) is 0 Å². The van der Waals surface area contributed by atoms with E-state index in [2.05, 4.69) is 5.32 Å². The summed E-state index contributed by atoms with van der Waals surface area (Å²) in [5.41, 5.74) is 5.13. The second-order valence-corrected chi connectivity index (χ2v) is 8.66. The highest BCUT2D eigenvalue weighted by molar-refractivity contribution is 6.05. The lowest BCUT2D eigenvalue weighted by Gasteiger charge is -2.26. The SMILES string of the molecule is O=C(NCCc1ccccc1)C1c2ccc(O)cc2C(=O)N1Cc1ccccc1-c1ccccc1. The maximum atomic E-state index is 13.4. The largest absolute Gasteiger partial charge is 0.508 e. The third-order valence-electron chi connectivity index (χ3n) is 6.38. The van der Waals surface area contributed by atoms with E-state index in [0.29, 0.717) is 24.1 Å². The van der Waals surface area contributed by atoms with Crippen LogP contribution in [0.4, 0.5) is 0 Å². The van der Waals surface area contributed by atoms with Crippen molar-refractivity contribution in [3.05, 3.63) is 125 Å². The molecule has 174 valence electrons. The van der Waals surface area contributed by atoms with E-state index in [4.69, 9.17) is 0 Å². The van der Waals surface area contributed by atoms with Crippen LogP contribution >= 0.6 is 0 Å². The predicted molar refractivity (Wildman–Crippen MR) is 136 cm³/mol. The van der Waals surface area contributed by atoms with Crippen molar-refractivity contribution in [2.24, 2.45) is 0 Å². The molecule has 4 aromatic carbocycles. The number of phenols is 1. The zero-order valence-corrected chi connectivity index (χ0v) is 19.2. The molecule has 0 saturated carbocycles. The molecule has 5 nitrogen and oxygen atoms in total. The van der Waals surface area contributed by atoms with E-state index in [-0.39, 0.29) is 24.1 Å². The van der Waals surface area contributed by atoms with E-state index in [0.717, 1.165) is 22.3 Å². The van der Waals surface area contributed by atoms with Gasteiger partial charge in [-0.15, -0.1) is 0 Å². The second kappa shape index (κ2) is 9.85. The molecule has 4 aromatic rings. The Labute approximate surface area is 204 Å². The van der Waals surface area contributed by atoms with Crippen LogP contribution in [0.2, 0.25) is 0 Å². The highest BCUT2D eigenvalue weighted by Gasteiger charge is 2.41. The Bertz CT molecular complexity index is 1350. The quantitative estimate of drug-likeness (QED) is 0.401. The Hall–Kier alpha value is -4.38. The number of fused-ring (bicyclic) bond motifs is 1. The molecule has 0 bridgehead atoms. The maximum Gasteiger partial charge on any atom is 0.255 e. The first kappa shape index (κ1) is 22.4. The minimum absolute atomic E-state index is 0.00636. The van der Waals surface area contributed by atoms with Crippen LogP contribution in [-0.4, -0.2) is 28.4 Å². The molecule has 5 heteroatoms. The summed E-state index contributed by atoms with van der Waals surface area (Å²) in [6.45, 7) is 0.742. The summed E-state index contributed by atoms with van der Waals surface area (Å²) < 4.78 is 0. The number of amides is 2. The molecule has 2 N–H and O–H groups in total. The molecule has 5 rings (SSSR count). The van der Waals surface area contributed by atoms with Gasteiger partial charge in [-0.3, -0.25) is 9.59 Å². The molecule has 0 spiro atoms. The number of phenolic OH excluding ortho intramolecular Hbond substituents is 1. The average molecular weight is 463 g/mol. The highest BCUT2D eigenvalue weighted by atomic mass is 16.3. The molecule has 0 fully saturated rings. The lowest BCUT2D eigenvalue weighted by molar-refractivity contribution is -0.125. The predicted octanol–water partition coefficient (Wildman–Crippen LogP) is 5.12. The molecular weight excluding hydrogens is 436 g/mol. The van der Waals surface area contributed by atoms with Crippen LogP contribution in [0.5, 0.6) is 5.75 Å². The summed E-state index contributed by atoms with van der Waals surface area (Å²) in [6, 6.07) is 31.8. The van der Waals surface area contributed by atoms with Gasteiger partial charge in [0.25, 0.3) is 5.91 Å². The summed E-state index contributed by atoms with van der Waals surface area (Å²) in [5.74, 6) is -0.482. The van der Waals surface area contributed by atoms with Crippen LogP contribution in [-0.2, 0) is 17.8 Å². The van der Waals surface area contributed by atoms with Crippen molar-refractivity contribution in [3.63, 3.8) is 0 Å². The number of carbonyl (C=O) groups excluding carboxylic acids is 2. The van der Waals surface area contributed by atoms with Crippen LogP contribution in [0, 0.1) is 0 Å². The van der Waals surface area contributed by atoms with Gasteiger partial charge in [-0.05, 0) is 46.4 Å². The third kappa shape index (κ3) is 4.66. The molecule has 35 heavy (non-hydrogen) atoms. The minimum Gasteiger partial charge on any atom is -0.508 e. The van der Waals surface area contributed by atoms with Gasteiger partial charge in [0.15, 0.2) is 0 Å². The number of hydrogen-bond acceptors (Lipinski definition) is 3. The molecule has 0 aromatic heterocycles. The summed E-state index contributed by atoms with van der Waals surface area (Å²) in [5, 5.41) is 13.0. The standard InChI is InChI=1S/C30H26N2O3/c33-24-15-16-26-27(19-24)30(35)32(28(26)29(34)31-18-17-21-9-3-1-4-10-21)20-23-13-7-8-14-25(23)22-11-5-2-6-12-22/h1-16,19,28,33H,17-18,20H2,(H,31,34). The molecule has 1 aliphatic heterocycles. The van der Waals surface area contributed by atoms with Crippen molar-refractivity contribution in [1.29, 1.82) is 0 Å². The normalized spacial score (nSPS) is 14.6. The summed E-state index contributed by atoms with van der Waals surface area (Å²) in [7, 11) is 0. The van der Waals surface area contributed by atoms with Crippen molar-refractivity contribution >= 4 is 11.8 Å². The third-order valence-corrected chi connectivity index (χ3v) is 6.38. The van der Waals surface area contributed by atoms with Gasteiger partial charge in [-0.2, -0.15) is 0 Å². The molecule has 2 amide bonds. The van der Waals surface area contributed by atoms with Gasteiger partial charge in [-0.1, -0.05) is 91.0 Å². The number of nitrogens with one attached hydrogen (secondary N) is 1. The molecule has 1 unspecified atom stereocenters. The Morgan fingerprint density at radius 1 is 0.829 bits per heavy atom. The van der Waals surface area contributed by atoms with E-state index >= 15 is 0 Å². The van der Waals surface area contributed by atoms with Crippen molar-refractivity contribution in [2.45, 2.75) is 19.0 Å². The fourth-order valence-electron chi connectivity index (χ4n) is 4.67. The summed E-state index contributed by atoms with van der Waals surface area (Å²) in [6.07, 6.45) is 0.701. The molecule has 0 aliphatic carbocycles. The number of benzene rings is 4. The summed E-state index contributed by atoms with van der Waals surface area (Å²) >= 11 is 0. The number of carbonyl (C=O) groups is 2. The molecule has 0 saturated heterocycles. The van der Waals surface area contributed by atoms with Crippen molar-refractivity contribution in [2.75, 3.05) is 6.54 Å². The zero-order chi connectivity index (χ0) is 24.2. The monoisotopic (exact) mass is 462 g/mol. The Kier molecular flexibility index (Phi) is 6.31. The number of nitrogens with zero attached hydrogens (tertiary/aromatic N) is 1. The lowest BCUT2D eigenvalue weighted by atomic mass is 9.99. The molecular formula is C30H26N2O3. The highest BCUT2D eigenvalue weighted by Crippen LogP contribution is 2.38. The van der Waals surface area contributed by atoms with Gasteiger partial charge < -0.3 is 15.3 Å². The van der Waals surface area contributed by atoms with E-state index in [1.54, 1.807) is 11.0 Å². The lowest BCUT2D eigenvalue weighted by Crippen LogP contribution is -2.39. The molecule has 1 aliphatic rings. The maximum absolute atomic E-state index is 13.4. The zero-order valence-electron chi connectivity index (χ0n) is 19.2. The summed E-state index contributed by atoms with van der Waals surface area (Å²) in [4.78, 5) is 28.5. The van der Waals surface area contributed by atoms with Gasteiger partial charge in [0.1, 0.15) is 11.8 Å². The Morgan fingerprint density at radius 2 is 1.51 bits per heavy atom. The number of hydrogen-bond donors (Lipinski definition) is 2. The molecule has 1 atom stereocenters. The van der Waals surface area contributed by atoms with Crippen molar-refractivity contribution < 1.29 is 14.7 Å².